The molecule has 0 radical (unpaired) electrons. The maximum Gasteiger partial charge on any atom is 0.301 e. The molecule has 34 heavy (non-hydrogen) atoms. The van der Waals surface area contributed by atoms with Crippen LogP contribution >= 0.6 is 22.9 Å². The number of nitro groups is 1. The van der Waals surface area contributed by atoms with Crippen LogP contribution in [0.25, 0.3) is 16.0 Å². The van der Waals surface area contributed by atoms with Crippen LogP contribution in [0.3, 0.4) is 0 Å². The minimum atomic E-state index is -1.14. The van der Waals surface area contributed by atoms with Crippen molar-refractivity contribution in [2.24, 2.45) is 0 Å². The van der Waals surface area contributed by atoms with Crippen molar-refractivity contribution in [2.45, 2.75) is 6.04 Å². The van der Waals surface area contributed by atoms with E-state index in [1.807, 2.05) is 0 Å². The minimum Gasteiger partial charge on any atom is -0.507 e. The second-order valence-corrected chi connectivity index (χ2v) is 8.81. The van der Waals surface area contributed by atoms with Crippen LogP contribution in [0, 0.1) is 10.1 Å². The molecule has 0 bridgehead atoms. The summed E-state index contributed by atoms with van der Waals surface area (Å²) < 4.78 is 0.691. The van der Waals surface area contributed by atoms with Gasteiger partial charge in [0.1, 0.15) is 5.76 Å². The summed E-state index contributed by atoms with van der Waals surface area (Å²) in [5, 5.41) is 23.1. The lowest BCUT2D eigenvalue weighted by molar-refractivity contribution is -0.384. The molecule has 4 aromatic rings. The number of carbonyl (C=O) groups excluding carboxylic acids is 2. The molecule has 0 spiro atoms. The smallest absolute Gasteiger partial charge is 0.301 e. The van der Waals surface area contributed by atoms with E-state index in [1.165, 1.54) is 42.7 Å². The van der Waals surface area contributed by atoms with Gasteiger partial charge in [0.05, 0.1) is 26.8 Å². The summed E-state index contributed by atoms with van der Waals surface area (Å²) in [6.45, 7) is 0. The lowest BCUT2D eigenvalue weighted by Gasteiger charge is -2.22. The molecule has 11 heteroatoms. The van der Waals surface area contributed by atoms with Crippen LogP contribution in [0.4, 0.5) is 10.8 Å². The number of Topliss-reactive ketones (excluding diaryl/α,β-unsaturated/α-hetero) is 1. The molecule has 2 aromatic heterocycles. The number of non-ortho nitro benzene ring substituents is 1. The molecule has 1 N–H and O–H groups in total. The number of ketones is 1. The average Bonchev–Trinajstić information content (AvgIpc) is 3.37. The first-order valence-electron chi connectivity index (χ1n) is 9.87. The minimum absolute atomic E-state index is 0.199. The van der Waals surface area contributed by atoms with E-state index in [-0.39, 0.29) is 27.5 Å². The lowest BCUT2D eigenvalue weighted by Crippen LogP contribution is -2.29. The molecule has 1 saturated heterocycles. The number of hydrogen-bond acceptors (Lipinski definition) is 8. The van der Waals surface area contributed by atoms with Crippen LogP contribution in [0.15, 0.2) is 72.6 Å². The molecule has 9 nitrogen and oxygen atoms in total. The fourth-order valence-electron chi connectivity index (χ4n) is 3.81. The Morgan fingerprint density at radius 3 is 2.62 bits per heavy atom. The molecule has 5 rings (SSSR count). The maximum atomic E-state index is 13.2. The van der Waals surface area contributed by atoms with E-state index < -0.39 is 28.4 Å². The summed E-state index contributed by atoms with van der Waals surface area (Å²) in [5.41, 5.74) is 0.705. The number of aromatic nitrogens is 2. The summed E-state index contributed by atoms with van der Waals surface area (Å²) >= 11 is 7.22. The third-order valence-electron chi connectivity index (χ3n) is 5.34. The predicted molar refractivity (Wildman–Crippen MR) is 127 cm³/mol. The van der Waals surface area contributed by atoms with Gasteiger partial charge in [-0.05, 0) is 35.9 Å². The highest BCUT2D eigenvalue weighted by atomic mass is 35.5. The van der Waals surface area contributed by atoms with Crippen molar-refractivity contribution in [1.29, 1.82) is 0 Å². The molecule has 1 unspecified atom stereocenters. The van der Waals surface area contributed by atoms with Crippen molar-refractivity contribution in [1.82, 2.24) is 9.97 Å². The quantitative estimate of drug-likeness (QED) is 0.141. The van der Waals surface area contributed by atoms with Crippen molar-refractivity contribution in [2.75, 3.05) is 4.90 Å². The van der Waals surface area contributed by atoms with Crippen LogP contribution < -0.4 is 4.90 Å². The van der Waals surface area contributed by atoms with Gasteiger partial charge in [-0.1, -0.05) is 35.1 Å². The molecular formula is C23H13ClN4O5S. The highest BCUT2D eigenvalue weighted by Crippen LogP contribution is 2.45. The standard InChI is InChI=1S/C23H13ClN4O5S/c24-14-4-5-16-17(11-14)34-23(26-16)27-19(13-2-1-3-15(10-13)28(32)33)18(21(30)22(27)31)20(29)12-6-8-25-9-7-12/h1-11,19,29H. The SMILES string of the molecule is O=C1C(=O)N(c2nc3ccc(Cl)cc3s2)C(c2cccc([N+](=O)[O-])c2)C1=C(O)c1ccncc1. The topological polar surface area (TPSA) is 127 Å². The van der Waals surface area contributed by atoms with Gasteiger partial charge in [0.15, 0.2) is 5.13 Å². The van der Waals surface area contributed by atoms with Crippen molar-refractivity contribution in [3.05, 3.63) is 98.8 Å². The summed E-state index contributed by atoms with van der Waals surface area (Å²) in [4.78, 5) is 46.8. The second kappa shape index (κ2) is 8.32. The molecule has 0 saturated carbocycles. The summed E-state index contributed by atoms with van der Waals surface area (Å²) in [6.07, 6.45) is 2.87. The van der Waals surface area contributed by atoms with Gasteiger partial charge in [-0.15, -0.1) is 0 Å². The molecule has 168 valence electrons. The largest absolute Gasteiger partial charge is 0.507 e. The third-order valence-corrected chi connectivity index (χ3v) is 6.59. The molecule has 2 aromatic carbocycles. The number of rotatable bonds is 4. The molecule has 1 atom stereocenters. The number of nitrogens with zero attached hydrogens (tertiary/aromatic N) is 4. The maximum absolute atomic E-state index is 13.2. The van der Waals surface area contributed by atoms with Crippen molar-refractivity contribution < 1.29 is 19.6 Å². The number of thiazole rings is 1. The van der Waals surface area contributed by atoms with Gasteiger partial charge < -0.3 is 5.11 Å². The van der Waals surface area contributed by atoms with Crippen LogP contribution in [0.5, 0.6) is 0 Å². The lowest BCUT2D eigenvalue weighted by atomic mass is 9.95. The third kappa shape index (κ3) is 3.58. The first-order valence-corrected chi connectivity index (χ1v) is 11.1. The average molecular weight is 493 g/mol. The molecule has 0 aliphatic carbocycles. The number of halogens is 1. The van der Waals surface area contributed by atoms with Crippen LogP contribution in [-0.2, 0) is 9.59 Å². The molecule has 1 amide bonds. The van der Waals surface area contributed by atoms with Crippen LogP contribution in [0.1, 0.15) is 17.2 Å². The van der Waals surface area contributed by atoms with Gasteiger partial charge in [-0.2, -0.15) is 0 Å². The van der Waals surface area contributed by atoms with Crippen molar-refractivity contribution in [3.63, 3.8) is 0 Å². The Morgan fingerprint density at radius 1 is 1.12 bits per heavy atom. The van der Waals surface area contributed by atoms with E-state index in [4.69, 9.17) is 11.6 Å². The number of aliphatic hydroxyl groups excluding tert-OH is 1. The normalized spacial score (nSPS) is 17.4. The number of hydrogen-bond donors (Lipinski definition) is 1. The van der Waals surface area contributed by atoms with Crippen LogP contribution in [-0.4, -0.2) is 31.7 Å². The summed E-state index contributed by atoms with van der Waals surface area (Å²) in [6, 6.07) is 12.5. The van der Waals surface area contributed by atoms with Gasteiger partial charge in [0.25, 0.3) is 11.5 Å². The van der Waals surface area contributed by atoms with E-state index in [0.717, 1.165) is 16.2 Å². The second-order valence-electron chi connectivity index (χ2n) is 7.37. The predicted octanol–water partition coefficient (Wildman–Crippen LogP) is 4.88. The molecule has 1 fully saturated rings. The Labute approximate surface area is 200 Å². The Hall–Kier alpha value is -4.15. The van der Waals surface area contributed by atoms with E-state index in [1.54, 1.807) is 24.3 Å². The Kier molecular flexibility index (Phi) is 5.31. The monoisotopic (exact) mass is 492 g/mol. The van der Waals surface area contributed by atoms with Gasteiger partial charge in [0.2, 0.25) is 0 Å². The molecule has 1 aliphatic heterocycles. The first kappa shape index (κ1) is 21.7. The number of anilines is 1. The number of pyridine rings is 1. The first-order chi connectivity index (χ1) is 16.3. The summed E-state index contributed by atoms with van der Waals surface area (Å²) in [5.74, 6) is -2.25. The van der Waals surface area contributed by atoms with Crippen molar-refractivity contribution in [3.8, 4) is 0 Å². The fraction of sp³-hybridized carbons (Fsp3) is 0.0435. The van der Waals surface area contributed by atoms with E-state index in [0.29, 0.717) is 15.2 Å². The Morgan fingerprint density at radius 2 is 1.88 bits per heavy atom. The number of amides is 1. The number of aliphatic hydroxyl groups is 1. The Bertz CT molecular complexity index is 1520. The Balaban J connectivity index is 1.75. The van der Waals surface area contributed by atoms with Crippen LogP contribution in [0.2, 0.25) is 5.02 Å². The van der Waals surface area contributed by atoms with Gasteiger partial charge >= 0.3 is 5.91 Å². The summed E-state index contributed by atoms with van der Waals surface area (Å²) in [7, 11) is 0. The zero-order valence-corrected chi connectivity index (χ0v) is 18.7. The van der Waals surface area contributed by atoms with Gasteiger partial charge in [-0.25, -0.2) is 4.98 Å². The molecular weight excluding hydrogens is 480 g/mol. The number of fused-ring (bicyclic) bond motifs is 1. The molecule has 1 aliphatic rings. The zero-order chi connectivity index (χ0) is 24.0. The highest BCUT2D eigenvalue weighted by Gasteiger charge is 2.48. The van der Waals surface area contributed by atoms with Crippen molar-refractivity contribution >= 4 is 61.4 Å². The van der Waals surface area contributed by atoms with E-state index in [2.05, 4.69) is 9.97 Å². The number of carbonyl (C=O) groups is 2. The van der Waals surface area contributed by atoms with Gasteiger partial charge in [0, 0.05) is 35.1 Å². The molecule has 3 heterocycles. The highest BCUT2D eigenvalue weighted by molar-refractivity contribution is 7.22. The van der Waals surface area contributed by atoms with E-state index in [9.17, 15) is 24.8 Å². The van der Waals surface area contributed by atoms with E-state index >= 15 is 0 Å². The van der Waals surface area contributed by atoms with Gasteiger partial charge in [-0.3, -0.25) is 29.6 Å². The zero-order valence-electron chi connectivity index (χ0n) is 17.1. The fourth-order valence-corrected chi connectivity index (χ4v) is 5.08. The number of nitro benzene ring substituents is 1. The number of benzene rings is 2.